The molecule has 0 bridgehead atoms. The van der Waals surface area contributed by atoms with Gasteiger partial charge >= 0.3 is 0 Å². The van der Waals surface area contributed by atoms with Crippen LogP contribution in [0.5, 0.6) is 11.5 Å². The quantitative estimate of drug-likeness (QED) is 0.315. The molecule has 1 aliphatic rings. The molecule has 0 aliphatic carbocycles. The van der Waals surface area contributed by atoms with E-state index in [1.165, 1.54) is 5.56 Å². The van der Waals surface area contributed by atoms with E-state index in [1.807, 2.05) is 91.0 Å². The van der Waals surface area contributed by atoms with Gasteiger partial charge in [0, 0.05) is 16.9 Å². The Morgan fingerprint density at radius 3 is 2.03 bits per heavy atom. The van der Waals surface area contributed by atoms with E-state index >= 15 is 0 Å². The highest BCUT2D eigenvalue weighted by Gasteiger charge is 2.45. The minimum Gasteiger partial charge on any atom is -0.497 e. The maximum Gasteiger partial charge on any atom is 0.259 e. The standard InChI is InChI=1S/C32H30N2O4/c1-4-21-9-13-23(14-10-21)33-31(35)29-27-7-5-6-8-28(27)32(36)34(24-15-19-26(38-3)20-16-24)30(29)22-11-17-25(37-2)18-12-22/h5-20,29-30H,4H2,1-3H3,(H,33,35)/t29-,30+/m1/s1. The zero-order valence-corrected chi connectivity index (χ0v) is 21.7. The Labute approximate surface area is 222 Å². The molecule has 0 aromatic heterocycles. The maximum atomic E-state index is 14.1. The number of hydrogen-bond donors (Lipinski definition) is 1. The molecule has 192 valence electrons. The van der Waals surface area contributed by atoms with Crippen molar-refractivity contribution in [2.75, 3.05) is 24.4 Å². The van der Waals surface area contributed by atoms with Crippen molar-refractivity contribution in [1.82, 2.24) is 0 Å². The molecule has 5 rings (SSSR count). The fourth-order valence-corrected chi connectivity index (χ4v) is 5.03. The van der Waals surface area contributed by atoms with Gasteiger partial charge < -0.3 is 14.8 Å². The zero-order chi connectivity index (χ0) is 26.6. The molecular formula is C32H30N2O4. The molecule has 4 aromatic rings. The van der Waals surface area contributed by atoms with Crippen LogP contribution in [0.3, 0.4) is 0 Å². The van der Waals surface area contributed by atoms with E-state index in [4.69, 9.17) is 9.47 Å². The molecule has 38 heavy (non-hydrogen) atoms. The molecule has 0 unspecified atom stereocenters. The van der Waals surface area contributed by atoms with E-state index in [0.29, 0.717) is 34.0 Å². The fraction of sp³-hybridized carbons (Fsp3) is 0.188. The Morgan fingerprint density at radius 1 is 0.816 bits per heavy atom. The average molecular weight is 507 g/mol. The molecule has 0 spiro atoms. The minimum atomic E-state index is -0.662. The number of fused-ring (bicyclic) bond motifs is 1. The Balaban J connectivity index is 1.65. The van der Waals surface area contributed by atoms with Gasteiger partial charge in [-0.25, -0.2) is 0 Å². The highest BCUT2D eigenvalue weighted by Crippen LogP contribution is 2.46. The Hall–Kier alpha value is -4.58. The summed E-state index contributed by atoms with van der Waals surface area (Å²) in [5.74, 6) is 0.371. The SMILES string of the molecule is CCc1ccc(NC(=O)[C@@H]2c3ccccc3C(=O)N(c3ccc(OC)cc3)[C@H]2c2ccc(OC)cc2)cc1. The molecule has 2 atom stereocenters. The third kappa shape index (κ3) is 4.73. The predicted molar refractivity (Wildman–Crippen MR) is 149 cm³/mol. The van der Waals surface area contributed by atoms with Crippen LogP contribution in [0.25, 0.3) is 0 Å². The number of anilines is 2. The molecule has 1 aliphatic heterocycles. The van der Waals surface area contributed by atoms with Crippen LogP contribution in [0.4, 0.5) is 11.4 Å². The van der Waals surface area contributed by atoms with Crippen LogP contribution in [0.15, 0.2) is 97.1 Å². The zero-order valence-electron chi connectivity index (χ0n) is 21.7. The van der Waals surface area contributed by atoms with Gasteiger partial charge in [-0.3, -0.25) is 14.5 Å². The summed E-state index contributed by atoms with van der Waals surface area (Å²) < 4.78 is 10.7. The molecule has 4 aromatic carbocycles. The van der Waals surface area contributed by atoms with Crippen molar-refractivity contribution in [3.05, 3.63) is 119 Å². The number of nitrogens with zero attached hydrogens (tertiary/aromatic N) is 1. The second-order valence-corrected chi connectivity index (χ2v) is 9.20. The van der Waals surface area contributed by atoms with Crippen molar-refractivity contribution >= 4 is 23.2 Å². The third-order valence-electron chi connectivity index (χ3n) is 7.06. The number of benzene rings is 4. The average Bonchev–Trinajstić information content (AvgIpc) is 2.97. The number of ether oxygens (including phenoxy) is 2. The summed E-state index contributed by atoms with van der Waals surface area (Å²) in [5.41, 5.74) is 4.62. The van der Waals surface area contributed by atoms with E-state index in [2.05, 4.69) is 12.2 Å². The number of aryl methyl sites for hydroxylation is 1. The number of carbonyl (C=O) groups excluding carboxylic acids is 2. The molecule has 0 saturated heterocycles. The van der Waals surface area contributed by atoms with Crippen LogP contribution in [0, 0.1) is 0 Å². The predicted octanol–water partition coefficient (Wildman–Crippen LogP) is 6.39. The van der Waals surface area contributed by atoms with Gasteiger partial charge in [-0.05, 0) is 77.7 Å². The first-order valence-electron chi connectivity index (χ1n) is 12.6. The summed E-state index contributed by atoms with van der Waals surface area (Å²) in [5, 5.41) is 3.11. The van der Waals surface area contributed by atoms with Gasteiger partial charge in [-0.15, -0.1) is 0 Å². The largest absolute Gasteiger partial charge is 0.497 e. The Kier molecular flexibility index (Phi) is 7.13. The number of amides is 2. The lowest BCUT2D eigenvalue weighted by molar-refractivity contribution is -0.118. The summed E-state index contributed by atoms with van der Waals surface area (Å²) in [6, 6.07) is 29.5. The maximum absolute atomic E-state index is 14.1. The number of methoxy groups -OCH3 is 2. The second kappa shape index (κ2) is 10.8. The van der Waals surface area contributed by atoms with Gasteiger partial charge in [-0.1, -0.05) is 49.4 Å². The van der Waals surface area contributed by atoms with E-state index in [9.17, 15) is 9.59 Å². The number of carbonyl (C=O) groups is 2. The van der Waals surface area contributed by atoms with Crippen molar-refractivity contribution in [3.63, 3.8) is 0 Å². The molecule has 1 heterocycles. The van der Waals surface area contributed by atoms with Crippen LogP contribution < -0.4 is 19.7 Å². The smallest absolute Gasteiger partial charge is 0.259 e. The van der Waals surface area contributed by atoms with Crippen molar-refractivity contribution in [2.45, 2.75) is 25.3 Å². The minimum absolute atomic E-state index is 0.164. The molecule has 2 amide bonds. The van der Waals surface area contributed by atoms with Crippen molar-refractivity contribution < 1.29 is 19.1 Å². The van der Waals surface area contributed by atoms with E-state index in [-0.39, 0.29) is 11.8 Å². The number of rotatable bonds is 7. The molecule has 6 nitrogen and oxygen atoms in total. The van der Waals surface area contributed by atoms with Crippen LogP contribution in [-0.2, 0) is 11.2 Å². The summed E-state index contributed by atoms with van der Waals surface area (Å²) in [6.07, 6.45) is 0.919. The molecular weight excluding hydrogens is 476 g/mol. The van der Waals surface area contributed by atoms with Crippen LogP contribution in [-0.4, -0.2) is 26.0 Å². The van der Waals surface area contributed by atoms with E-state index in [0.717, 1.165) is 12.0 Å². The first kappa shape index (κ1) is 25.1. The molecule has 1 N–H and O–H groups in total. The highest BCUT2D eigenvalue weighted by atomic mass is 16.5. The number of nitrogens with one attached hydrogen (secondary N) is 1. The van der Waals surface area contributed by atoms with E-state index in [1.54, 1.807) is 25.2 Å². The molecule has 0 fully saturated rings. The second-order valence-electron chi connectivity index (χ2n) is 9.20. The van der Waals surface area contributed by atoms with Gasteiger partial charge in [0.1, 0.15) is 11.5 Å². The molecule has 0 saturated carbocycles. The van der Waals surface area contributed by atoms with E-state index < -0.39 is 12.0 Å². The van der Waals surface area contributed by atoms with Gasteiger partial charge in [0.05, 0.1) is 26.2 Å². The first-order chi connectivity index (χ1) is 18.5. The molecule has 6 heteroatoms. The van der Waals surface area contributed by atoms with Gasteiger partial charge in [0.15, 0.2) is 0 Å². The summed E-state index contributed by atoms with van der Waals surface area (Å²) in [6.45, 7) is 2.09. The van der Waals surface area contributed by atoms with Crippen molar-refractivity contribution in [2.24, 2.45) is 0 Å². The summed E-state index contributed by atoms with van der Waals surface area (Å²) >= 11 is 0. The number of hydrogen-bond acceptors (Lipinski definition) is 4. The lowest BCUT2D eigenvalue weighted by Crippen LogP contribution is -2.46. The van der Waals surface area contributed by atoms with Crippen molar-refractivity contribution in [1.29, 1.82) is 0 Å². The first-order valence-corrected chi connectivity index (χ1v) is 12.6. The lowest BCUT2D eigenvalue weighted by Gasteiger charge is -2.42. The summed E-state index contributed by atoms with van der Waals surface area (Å²) in [4.78, 5) is 29.8. The van der Waals surface area contributed by atoms with Gasteiger partial charge in [-0.2, -0.15) is 0 Å². The van der Waals surface area contributed by atoms with Gasteiger partial charge in [0.25, 0.3) is 5.91 Å². The summed E-state index contributed by atoms with van der Waals surface area (Å²) in [7, 11) is 3.21. The highest BCUT2D eigenvalue weighted by molar-refractivity contribution is 6.12. The lowest BCUT2D eigenvalue weighted by atomic mass is 9.78. The Morgan fingerprint density at radius 2 is 1.42 bits per heavy atom. The van der Waals surface area contributed by atoms with Crippen molar-refractivity contribution in [3.8, 4) is 11.5 Å². The fourth-order valence-electron chi connectivity index (χ4n) is 5.03. The van der Waals surface area contributed by atoms with Crippen LogP contribution in [0.1, 0.15) is 45.9 Å². The monoisotopic (exact) mass is 506 g/mol. The topological polar surface area (TPSA) is 67.9 Å². The normalized spacial score (nSPS) is 16.5. The van der Waals surface area contributed by atoms with Gasteiger partial charge in [0.2, 0.25) is 5.91 Å². The van der Waals surface area contributed by atoms with Crippen LogP contribution >= 0.6 is 0 Å². The molecule has 0 radical (unpaired) electrons. The Bertz CT molecular complexity index is 1430. The van der Waals surface area contributed by atoms with Crippen LogP contribution in [0.2, 0.25) is 0 Å². The third-order valence-corrected chi connectivity index (χ3v) is 7.06.